The van der Waals surface area contributed by atoms with Crippen LogP contribution in [0.4, 0.5) is 17.1 Å². The maximum Gasteiger partial charge on any atom is 0.143 e. The summed E-state index contributed by atoms with van der Waals surface area (Å²) in [5, 5.41) is 12.0. The summed E-state index contributed by atoms with van der Waals surface area (Å²) in [5.41, 5.74) is 17.6. The molecular formula is C72H46N2O. The summed E-state index contributed by atoms with van der Waals surface area (Å²) in [6, 6.07) is 102. The van der Waals surface area contributed by atoms with E-state index in [0.29, 0.717) is 0 Å². The molecule has 0 unspecified atom stereocenters. The number of hydrogen-bond donors (Lipinski definition) is 0. The molecule has 15 aromatic rings. The van der Waals surface area contributed by atoms with Gasteiger partial charge in [0.15, 0.2) is 0 Å². The van der Waals surface area contributed by atoms with Crippen molar-refractivity contribution in [1.82, 2.24) is 4.57 Å². The summed E-state index contributed by atoms with van der Waals surface area (Å²) < 4.78 is 9.25. The smallest absolute Gasteiger partial charge is 0.143 e. The predicted octanol–water partition coefficient (Wildman–Crippen LogP) is 20.3. The zero-order valence-electron chi connectivity index (χ0n) is 40.9. The number of rotatable bonds is 8. The van der Waals surface area contributed by atoms with Crippen molar-refractivity contribution in [2.45, 2.75) is 0 Å². The molecule has 350 valence electrons. The second-order valence-electron chi connectivity index (χ2n) is 19.6. The van der Waals surface area contributed by atoms with Crippen LogP contribution in [0.1, 0.15) is 0 Å². The van der Waals surface area contributed by atoms with Gasteiger partial charge < -0.3 is 13.9 Å². The van der Waals surface area contributed by atoms with E-state index in [1.165, 1.54) is 54.3 Å². The van der Waals surface area contributed by atoms with Crippen molar-refractivity contribution >= 4 is 93.1 Å². The maximum atomic E-state index is 6.83. The van der Waals surface area contributed by atoms with E-state index in [0.717, 1.165) is 89.0 Å². The summed E-state index contributed by atoms with van der Waals surface area (Å²) in [4.78, 5) is 2.42. The molecule has 0 N–H and O–H groups in total. The molecule has 0 radical (unpaired) electrons. The normalized spacial score (nSPS) is 11.7. The molecule has 0 saturated carbocycles. The Balaban J connectivity index is 0.886. The SMILES string of the molecule is c1ccc(-c2cc(-c3ccc4c(ccc5ccccc54)c3)ccc2N(c2ccc(-c3ccccc3-n3c4ccccc4c4ccccc43)cc2)c2ccc(-c3cccc4c3oc3c5ccccc5ccc43)cc2)cc1. The Morgan fingerprint density at radius 2 is 0.747 bits per heavy atom. The van der Waals surface area contributed by atoms with Gasteiger partial charge in [-0.2, -0.15) is 0 Å². The predicted molar refractivity (Wildman–Crippen MR) is 317 cm³/mol. The Kier molecular flexibility index (Phi) is 9.89. The number of aromatic nitrogens is 1. The monoisotopic (exact) mass is 954 g/mol. The molecule has 0 amide bonds. The highest BCUT2D eigenvalue weighted by atomic mass is 16.3. The van der Waals surface area contributed by atoms with Crippen LogP contribution in [-0.4, -0.2) is 4.57 Å². The van der Waals surface area contributed by atoms with Gasteiger partial charge in [-0.05, 0) is 121 Å². The maximum absolute atomic E-state index is 6.83. The first-order valence-electron chi connectivity index (χ1n) is 25.7. The van der Waals surface area contributed by atoms with Gasteiger partial charge in [0.1, 0.15) is 11.2 Å². The van der Waals surface area contributed by atoms with E-state index < -0.39 is 0 Å². The molecule has 13 aromatic carbocycles. The fourth-order valence-corrected chi connectivity index (χ4v) is 11.8. The number of anilines is 3. The molecule has 0 fully saturated rings. The third-order valence-corrected chi connectivity index (χ3v) is 15.4. The Bertz CT molecular complexity index is 4640. The Hall–Kier alpha value is -9.96. The molecule has 3 heteroatoms. The van der Waals surface area contributed by atoms with Gasteiger partial charge in [-0.3, -0.25) is 0 Å². The van der Waals surface area contributed by atoms with E-state index in [1.807, 2.05) is 0 Å². The molecule has 2 aromatic heterocycles. The van der Waals surface area contributed by atoms with Gasteiger partial charge in [0.05, 0.1) is 22.4 Å². The lowest BCUT2D eigenvalue weighted by molar-refractivity contribution is 0.674. The molecule has 0 aliphatic carbocycles. The first kappa shape index (κ1) is 42.7. The first-order chi connectivity index (χ1) is 37.2. The Labute approximate surface area is 434 Å². The first-order valence-corrected chi connectivity index (χ1v) is 25.7. The van der Waals surface area contributed by atoms with Crippen molar-refractivity contribution in [1.29, 1.82) is 0 Å². The van der Waals surface area contributed by atoms with Crippen LogP contribution < -0.4 is 4.90 Å². The van der Waals surface area contributed by atoms with Crippen LogP contribution in [-0.2, 0) is 0 Å². The van der Waals surface area contributed by atoms with Gasteiger partial charge in [-0.15, -0.1) is 0 Å². The van der Waals surface area contributed by atoms with Crippen LogP contribution in [0.2, 0.25) is 0 Å². The van der Waals surface area contributed by atoms with E-state index in [2.05, 4.69) is 289 Å². The number of para-hydroxylation sites is 4. The van der Waals surface area contributed by atoms with E-state index in [9.17, 15) is 0 Å². The van der Waals surface area contributed by atoms with Crippen LogP contribution in [0, 0.1) is 0 Å². The summed E-state index contributed by atoms with van der Waals surface area (Å²) in [7, 11) is 0. The minimum Gasteiger partial charge on any atom is -0.455 e. The van der Waals surface area contributed by atoms with Gasteiger partial charge in [-0.25, -0.2) is 0 Å². The molecule has 15 rings (SSSR count). The molecule has 0 spiro atoms. The van der Waals surface area contributed by atoms with Gasteiger partial charge in [0.2, 0.25) is 0 Å². The van der Waals surface area contributed by atoms with Gasteiger partial charge in [0.25, 0.3) is 0 Å². The second kappa shape index (κ2) is 17.4. The summed E-state index contributed by atoms with van der Waals surface area (Å²) >= 11 is 0. The largest absolute Gasteiger partial charge is 0.455 e. The van der Waals surface area contributed by atoms with E-state index in [4.69, 9.17) is 4.42 Å². The van der Waals surface area contributed by atoms with Gasteiger partial charge >= 0.3 is 0 Å². The lowest BCUT2D eigenvalue weighted by Gasteiger charge is -2.29. The third kappa shape index (κ3) is 7.05. The van der Waals surface area contributed by atoms with E-state index in [1.54, 1.807) is 0 Å². The third-order valence-electron chi connectivity index (χ3n) is 15.4. The van der Waals surface area contributed by atoms with E-state index in [-0.39, 0.29) is 0 Å². The van der Waals surface area contributed by atoms with Crippen LogP contribution in [0.25, 0.3) is 126 Å². The molecule has 2 heterocycles. The van der Waals surface area contributed by atoms with Crippen molar-refractivity contribution in [2.24, 2.45) is 0 Å². The fourth-order valence-electron chi connectivity index (χ4n) is 11.8. The highest BCUT2D eigenvalue weighted by Crippen LogP contribution is 2.46. The lowest BCUT2D eigenvalue weighted by atomic mass is 9.94. The minimum absolute atomic E-state index is 0.897. The molecule has 75 heavy (non-hydrogen) atoms. The van der Waals surface area contributed by atoms with Crippen molar-refractivity contribution in [3.05, 3.63) is 279 Å². The van der Waals surface area contributed by atoms with Crippen LogP contribution >= 0.6 is 0 Å². The van der Waals surface area contributed by atoms with Gasteiger partial charge in [-0.1, -0.05) is 212 Å². The molecule has 0 bridgehead atoms. The van der Waals surface area contributed by atoms with Crippen molar-refractivity contribution in [3.63, 3.8) is 0 Å². The topological polar surface area (TPSA) is 21.3 Å². The van der Waals surface area contributed by atoms with Gasteiger partial charge in [0, 0.05) is 55.0 Å². The average molecular weight is 955 g/mol. The number of hydrogen-bond acceptors (Lipinski definition) is 2. The Morgan fingerprint density at radius 1 is 0.267 bits per heavy atom. The highest BCUT2D eigenvalue weighted by molar-refractivity contribution is 6.17. The highest BCUT2D eigenvalue weighted by Gasteiger charge is 2.22. The van der Waals surface area contributed by atoms with Crippen LogP contribution in [0.15, 0.2) is 283 Å². The second-order valence-corrected chi connectivity index (χ2v) is 19.6. The minimum atomic E-state index is 0.897. The van der Waals surface area contributed by atoms with Crippen molar-refractivity contribution < 1.29 is 4.42 Å². The zero-order valence-corrected chi connectivity index (χ0v) is 40.9. The number of benzene rings is 13. The average Bonchev–Trinajstić information content (AvgIpc) is 4.07. The molecule has 0 aliphatic rings. The van der Waals surface area contributed by atoms with E-state index >= 15 is 0 Å². The molecule has 3 nitrogen and oxygen atoms in total. The van der Waals surface area contributed by atoms with Crippen LogP contribution in [0.5, 0.6) is 0 Å². The zero-order chi connectivity index (χ0) is 49.4. The van der Waals surface area contributed by atoms with Crippen molar-refractivity contribution in [2.75, 3.05) is 4.90 Å². The standard InChI is InChI=1S/C72H46N2O/c1-2-15-47(16-3-1)66-46-53(52-36-42-58-54(45-52)30-29-48-17-4-6-19-57(48)58)37-44-70(66)73(56-40-33-51(34-41-56)61-24-14-25-64-65-43-35-49-18-5-7-21-60(49)72(65)75-71(61)64)55-38-31-50(32-39-55)59-20-8-11-26-67(59)74-68-27-12-9-22-62(68)63-23-10-13-28-69(63)74/h1-46H. The quantitative estimate of drug-likeness (QED) is 0.142. The molecule has 0 atom stereocenters. The number of furan rings is 1. The Morgan fingerprint density at radius 3 is 1.49 bits per heavy atom. The van der Waals surface area contributed by atoms with Crippen LogP contribution in [0.3, 0.4) is 0 Å². The number of fused-ring (bicyclic) bond motifs is 11. The summed E-state index contributed by atoms with van der Waals surface area (Å²) in [5.74, 6) is 0. The summed E-state index contributed by atoms with van der Waals surface area (Å²) in [6.07, 6.45) is 0. The fraction of sp³-hybridized carbons (Fsp3) is 0. The number of nitrogens with zero attached hydrogens (tertiary/aromatic N) is 2. The molecule has 0 saturated heterocycles. The molecular weight excluding hydrogens is 909 g/mol. The van der Waals surface area contributed by atoms with Crippen molar-refractivity contribution in [3.8, 4) is 50.2 Å². The molecule has 0 aliphatic heterocycles. The summed E-state index contributed by atoms with van der Waals surface area (Å²) in [6.45, 7) is 0. The lowest BCUT2D eigenvalue weighted by Crippen LogP contribution is -2.11.